The molecule has 1 aliphatic heterocycles. The van der Waals surface area contributed by atoms with Crippen LogP contribution in [0.25, 0.3) is 0 Å². The highest BCUT2D eigenvalue weighted by molar-refractivity contribution is 5.70. The summed E-state index contributed by atoms with van der Waals surface area (Å²) < 4.78 is 5.59. The lowest BCUT2D eigenvalue weighted by molar-refractivity contribution is 0.111. The largest absolute Gasteiger partial charge is 0.415 e. The molecular weight excluding hydrogens is 390 g/mol. The average Bonchev–Trinajstić information content (AvgIpc) is 3.32. The van der Waals surface area contributed by atoms with E-state index in [9.17, 15) is 4.79 Å². The number of rotatable bonds is 7. The first-order valence-corrected chi connectivity index (χ1v) is 10.8. The number of hydrogen-bond donors (Lipinski definition) is 1. The van der Waals surface area contributed by atoms with E-state index in [0.717, 1.165) is 50.3 Å². The van der Waals surface area contributed by atoms with Gasteiger partial charge in [-0.3, -0.25) is 9.88 Å². The maximum Gasteiger partial charge on any atom is 0.415 e. The second kappa shape index (κ2) is 10.2. The van der Waals surface area contributed by atoms with E-state index in [1.807, 2.05) is 42.7 Å². The molecule has 1 amide bonds. The molecule has 1 aromatic carbocycles. The molecule has 3 heterocycles. The van der Waals surface area contributed by atoms with Crippen LogP contribution >= 0.6 is 0 Å². The molecule has 0 atom stereocenters. The highest BCUT2D eigenvalue weighted by Gasteiger charge is 2.22. The van der Waals surface area contributed by atoms with Gasteiger partial charge in [-0.15, -0.1) is 0 Å². The molecule has 1 saturated heterocycles. The molecule has 1 N–H and O–H groups in total. The number of pyridine rings is 1. The molecular formula is C24H29N5O2. The van der Waals surface area contributed by atoms with E-state index in [4.69, 9.17) is 4.74 Å². The third-order valence-corrected chi connectivity index (χ3v) is 5.78. The molecule has 0 unspecified atom stereocenters. The summed E-state index contributed by atoms with van der Waals surface area (Å²) in [6, 6.07) is 11.8. The maximum absolute atomic E-state index is 12.5. The molecule has 0 aliphatic carbocycles. The molecule has 1 fully saturated rings. The van der Waals surface area contributed by atoms with Gasteiger partial charge in [0.25, 0.3) is 0 Å². The maximum atomic E-state index is 12.5. The Labute approximate surface area is 183 Å². The van der Waals surface area contributed by atoms with Crippen LogP contribution in [0.2, 0.25) is 0 Å². The van der Waals surface area contributed by atoms with Crippen molar-refractivity contribution in [2.45, 2.75) is 26.2 Å². The molecule has 0 saturated carbocycles. The number of nitrogens with one attached hydrogen (secondary N) is 1. The fourth-order valence-electron chi connectivity index (χ4n) is 3.79. The van der Waals surface area contributed by atoms with Crippen molar-refractivity contribution < 1.29 is 9.53 Å². The van der Waals surface area contributed by atoms with Crippen molar-refractivity contribution in [2.75, 3.05) is 32.7 Å². The predicted molar refractivity (Wildman–Crippen MR) is 119 cm³/mol. The van der Waals surface area contributed by atoms with Gasteiger partial charge in [0, 0.05) is 62.9 Å². The van der Waals surface area contributed by atoms with Crippen molar-refractivity contribution in [3.63, 3.8) is 0 Å². The van der Waals surface area contributed by atoms with Gasteiger partial charge in [0.2, 0.25) is 0 Å². The fourth-order valence-corrected chi connectivity index (χ4v) is 3.79. The summed E-state index contributed by atoms with van der Waals surface area (Å²) in [5.41, 5.74) is 4.69. The van der Waals surface area contributed by atoms with E-state index in [-0.39, 0.29) is 6.09 Å². The van der Waals surface area contributed by atoms with E-state index in [0.29, 0.717) is 18.8 Å². The Balaban J connectivity index is 1.20. The number of nitrogens with zero attached hydrogens (tertiary/aromatic N) is 4. The topological polar surface area (TPSA) is 74.3 Å². The lowest BCUT2D eigenvalue weighted by atomic mass is 10.1. The molecule has 31 heavy (non-hydrogen) atoms. The number of aromatic nitrogens is 3. The number of hydrogen-bond acceptors (Lipinski definition) is 5. The number of aryl methyl sites for hydroxylation is 3. The quantitative estimate of drug-likeness (QED) is 0.636. The molecule has 1 aliphatic rings. The second-order valence-corrected chi connectivity index (χ2v) is 7.93. The number of piperazine rings is 1. The van der Waals surface area contributed by atoms with Gasteiger partial charge in [-0.25, -0.2) is 9.78 Å². The summed E-state index contributed by atoms with van der Waals surface area (Å²) >= 11 is 0. The minimum absolute atomic E-state index is 0.273. The van der Waals surface area contributed by atoms with Crippen molar-refractivity contribution in [1.29, 1.82) is 0 Å². The first kappa shape index (κ1) is 21.1. The summed E-state index contributed by atoms with van der Waals surface area (Å²) in [7, 11) is 0. The Hall–Kier alpha value is -3.19. The van der Waals surface area contributed by atoms with Crippen molar-refractivity contribution in [2.24, 2.45) is 0 Å². The highest BCUT2D eigenvalue weighted by atomic mass is 16.6. The lowest BCUT2D eigenvalue weighted by Gasteiger charge is -2.33. The third kappa shape index (κ3) is 5.92. The third-order valence-electron chi connectivity index (χ3n) is 5.78. The first-order chi connectivity index (χ1) is 15.2. The molecule has 0 bridgehead atoms. The van der Waals surface area contributed by atoms with Crippen LogP contribution in [0.15, 0.2) is 55.1 Å². The van der Waals surface area contributed by atoms with E-state index in [1.54, 1.807) is 11.2 Å². The molecule has 2 aromatic heterocycles. The Morgan fingerprint density at radius 3 is 2.58 bits per heavy atom. The summed E-state index contributed by atoms with van der Waals surface area (Å²) in [5.74, 6) is 0.587. The second-order valence-electron chi connectivity index (χ2n) is 7.93. The standard InChI is InChI=1S/C24H29N5O2/c1-19-3-2-11-26-23(19)9-6-20-4-7-22(8-5-20)31-24(30)29-15-13-28(14-16-29)12-10-21-17-25-18-27-21/h2-5,7-8,11,17-18H,6,9-10,12-16H2,1H3,(H,25,27). The normalized spacial score (nSPS) is 14.5. The predicted octanol–water partition coefficient (Wildman–Crippen LogP) is 3.26. The van der Waals surface area contributed by atoms with E-state index in [2.05, 4.69) is 32.8 Å². The fraction of sp³-hybridized carbons (Fsp3) is 0.375. The average molecular weight is 420 g/mol. The first-order valence-electron chi connectivity index (χ1n) is 10.8. The van der Waals surface area contributed by atoms with Gasteiger partial charge in [0.15, 0.2) is 0 Å². The number of amides is 1. The summed E-state index contributed by atoms with van der Waals surface area (Å²) in [6.07, 6.45) is 7.88. The van der Waals surface area contributed by atoms with Crippen molar-refractivity contribution >= 4 is 6.09 Å². The molecule has 4 rings (SSSR count). The number of carbonyl (C=O) groups is 1. The van der Waals surface area contributed by atoms with Crippen LogP contribution in [0.4, 0.5) is 4.79 Å². The van der Waals surface area contributed by atoms with Crippen molar-refractivity contribution in [3.05, 3.63) is 77.6 Å². The molecule has 7 heteroatoms. The SMILES string of the molecule is Cc1cccnc1CCc1ccc(OC(=O)N2CCN(CCc3cnc[nH]3)CC2)cc1. The molecule has 162 valence electrons. The van der Waals surface area contributed by atoms with E-state index >= 15 is 0 Å². The zero-order valence-corrected chi connectivity index (χ0v) is 18.0. The zero-order chi connectivity index (χ0) is 21.5. The number of aromatic amines is 1. The Bertz CT molecular complexity index is 964. The van der Waals surface area contributed by atoms with Gasteiger partial charge in [0.1, 0.15) is 5.75 Å². The van der Waals surface area contributed by atoms with Crippen LogP contribution in [0.5, 0.6) is 5.75 Å². The minimum Gasteiger partial charge on any atom is -0.410 e. The smallest absolute Gasteiger partial charge is 0.410 e. The molecule has 0 radical (unpaired) electrons. The summed E-state index contributed by atoms with van der Waals surface area (Å²) in [5, 5.41) is 0. The van der Waals surface area contributed by atoms with Crippen LogP contribution in [0.1, 0.15) is 22.5 Å². The Morgan fingerprint density at radius 2 is 1.87 bits per heavy atom. The summed E-state index contributed by atoms with van der Waals surface area (Å²) in [6.45, 7) is 6.13. The number of carbonyl (C=O) groups excluding carboxylic acids is 1. The van der Waals surface area contributed by atoms with Crippen LogP contribution in [0.3, 0.4) is 0 Å². The van der Waals surface area contributed by atoms with Crippen molar-refractivity contribution in [1.82, 2.24) is 24.8 Å². The Morgan fingerprint density at radius 1 is 1.06 bits per heavy atom. The van der Waals surface area contributed by atoms with Gasteiger partial charge >= 0.3 is 6.09 Å². The van der Waals surface area contributed by atoms with Crippen LogP contribution < -0.4 is 4.74 Å². The number of ether oxygens (including phenoxy) is 1. The zero-order valence-electron chi connectivity index (χ0n) is 18.0. The van der Waals surface area contributed by atoms with E-state index < -0.39 is 0 Å². The van der Waals surface area contributed by atoms with Crippen LogP contribution in [-0.2, 0) is 19.3 Å². The lowest BCUT2D eigenvalue weighted by Crippen LogP contribution is -2.49. The van der Waals surface area contributed by atoms with Gasteiger partial charge in [-0.2, -0.15) is 0 Å². The van der Waals surface area contributed by atoms with Gasteiger partial charge in [0.05, 0.1) is 6.33 Å². The molecule has 0 spiro atoms. The number of benzene rings is 1. The number of imidazole rings is 1. The Kier molecular flexibility index (Phi) is 6.94. The van der Waals surface area contributed by atoms with Gasteiger partial charge in [-0.05, 0) is 49.1 Å². The van der Waals surface area contributed by atoms with Gasteiger partial charge < -0.3 is 14.6 Å². The molecule has 7 nitrogen and oxygen atoms in total. The number of H-pyrrole nitrogens is 1. The molecule has 3 aromatic rings. The monoisotopic (exact) mass is 419 g/mol. The minimum atomic E-state index is -0.273. The van der Waals surface area contributed by atoms with Crippen molar-refractivity contribution in [3.8, 4) is 5.75 Å². The van der Waals surface area contributed by atoms with E-state index in [1.165, 1.54) is 11.1 Å². The highest BCUT2D eigenvalue weighted by Crippen LogP contribution is 2.16. The van der Waals surface area contributed by atoms with Crippen LogP contribution in [0, 0.1) is 6.92 Å². The summed E-state index contributed by atoms with van der Waals surface area (Å²) in [4.78, 5) is 28.3. The van der Waals surface area contributed by atoms with Crippen LogP contribution in [-0.4, -0.2) is 63.6 Å². The van der Waals surface area contributed by atoms with Gasteiger partial charge in [-0.1, -0.05) is 18.2 Å².